The van der Waals surface area contributed by atoms with E-state index in [1.54, 1.807) is 0 Å². The first kappa shape index (κ1) is 23.7. The molecular formula is C27H38N4O2. The third-order valence-electron chi connectivity index (χ3n) is 7.12. The number of piperidine rings is 1. The average molecular weight is 451 g/mol. The third-order valence-corrected chi connectivity index (χ3v) is 7.12. The quantitative estimate of drug-likeness (QED) is 0.734. The Labute approximate surface area is 197 Å². The van der Waals surface area contributed by atoms with Gasteiger partial charge < -0.3 is 15.5 Å². The standard InChI is InChI=1S/C27H38N4O2/c1-26(2)16-22(17-27(3,4)29-26)30(5)24(32)15-23-25(33)28-12-13-31(23)18-19-10-11-20-8-6-7-9-21(20)14-19/h6-11,14,22-23,29H,12-13,15-18H2,1-5H3,(H,28,33). The summed E-state index contributed by atoms with van der Waals surface area (Å²) in [4.78, 5) is 30.2. The number of nitrogens with zero attached hydrogens (tertiary/aromatic N) is 2. The average Bonchev–Trinajstić information content (AvgIpc) is 2.73. The van der Waals surface area contributed by atoms with Gasteiger partial charge in [-0.05, 0) is 62.9 Å². The first-order chi connectivity index (χ1) is 15.5. The number of piperazine rings is 1. The van der Waals surface area contributed by atoms with Gasteiger partial charge in [-0.2, -0.15) is 0 Å². The van der Waals surface area contributed by atoms with Gasteiger partial charge in [-0.1, -0.05) is 36.4 Å². The van der Waals surface area contributed by atoms with Crippen molar-refractivity contribution in [1.29, 1.82) is 0 Å². The Morgan fingerprint density at radius 1 is 1.06 bits per heavy atom. The summed E-state index contributed by atoms with van der Waals surface area (Å²) in [6.45, 7) is 10.8. The highest BCUT2D eigenvalue weighted by molar-refractivity contribution is 5.89. The summed E-state index contributed by atoms with van der Waals surface area (Å²) in [5.74, 6) is -0.00572. The largest absolute Gasteiger partial charge is 0.353 e. The van der Waals surface area contributed by atoms with Crippen LogP contribution in [0.1, 0.15) is 52.5 Å². The molecule has 2 N–H and O–H groups in total. The van der Waals surface area contributed by atoms with E-state index < -0.39 is 6.04 Å². The van der Waals surface area contributed by atoms with Crippen molar-refractivity contribution < 1.29 is 9.59 Å². The Bertz CT molecular complexity index is 1020. The van der Waals surface area contributed by atoms with Crippen LogP contribution in [0.15, 0.2) is 42.5 Å². The first-order valence-corrected chi connectivity index (χ1v) is 12.1. The lowest BCUT2D eigenvalue weighted by atomic mass is 9.79. The fourth-order valence-corrected chi connectivity index (χ4v) is 5.80. The van der Waals surface area contributed by atoms with E-state index in [2.05, 4.69) is 73.6 Å². The van der Waals surface area contributed by atoms with E-state index in [0.29, 0.717) is 13.1 Å². The number of rotatable bonds is 5. The molecule has 0 aromatic heterocycles. The van der Waals surface area contributed by atoms with Gasteiger partial charge >= 0.3 is 0 Å². The summed E-state index contributed by atoms with van der Waals surface area (Å²) in [6.07, 6.45) is 2.01. The summed E-state index contributed by atoms with van der Waals surface area (Å²) in [7, 11) is 1.90. The highest BCUT2D eigenvalue weighted by Crippen LogP contribution is 2.31. The SMILES string of the molecule is CN(C(=O)CC1C(=O)NCCN1Cc1ccc2ccccc2c1)C1CC(C)(C)NC(C)(C)C1. The molecule has 2 aliphatic rings. The molecule has 2 aromatic rings. The summed E-state index contributed by atoms with van der Waals surface area (Å²) in [6, 6.07) is 14.5. The number of benzene rings is 2. The summed E-state index contributed by atoms with van der Waals surface area (Å²) < 4.78 is 0. The number of hydrogen-bond acceptors (Lipinski definition) is 4. The van der Waals surface area contributed by atoms with Crippen LogP contribution in [0.3, 0.4) is 0 Å². The number of carbonyl (C=O) groups is 2. The Morgan fingerprint density at radius 3 is 2.42 bits per heavy atom. The Balaban J connectivity index is 1.47. The molecule has 1 atom stereocenters. The van der Waals surface area contributed by atoms with E-state index >= 15 is 0 Å². The Morgan fingerprint density at radius 2 is 1.73 bits per heavy atom. The molecular weight excluding hydrogens is 412 g/mol. The van der Waals surface area contributed by atoms with Crippen molar-refractivity contribution in [3.63, 3.8) is 0 Å². The van der Waals surface area contributed by atoms with Gasteiger partial charge in [0.1, 0.15) is 0 Å². The zero-order chi connectivity index (χ0) is 23.8. The van der Waals surface area contributed by atoms with E-state index in [9.17, 15) is 9.59 Å². The van der Waals surface area contributed by atoms with E-state index in [4.69, 9.17) is 0 Å². The van der Waals surface area contributed by atoms with Gasteiger partial charge in [-0.3, -0.25) is 14.5 Å². The third kappa shape index (κ3) is 5.56. The molecule has 0 spiro atoms. The molecule has 0 bridgehead atoms. The normalized spacial score (nSPS) is 23.3. The van der Waals surface area contributed by atoms with E-state index in [1.165, 1.54) is 10.8 Å². The van der Waals surface area contributed by atoms with Gasteiger partial charge in [0.2, 0.25) is 11.8 Å². The fourth-order valence-electron chi connectivity index (χ4n) is 5.80. The molecule has 2 fully saturated rings. The van der Waals surface area contributed by atoms with Crippen molar-refractivity contribution >= 4 is 22.6 Å². The maximum atomic E-state index is 13.3. The second kappa shape index (κ2) is 9.07. The van der Waals surface area contributed by atoms with Gasteiger partial charge in [-0.25, -0.2) is 0 Å². The van der Waals surface area contributed by atoms with Crippen LogP contribution in [0, 0.1) is 0 Å². The molecule has 6 heteroatoms. The molecule has 2 aliphatic heterocycles. The van der Waals surface area contributed by atoms with Crippen LogP contribution in [0.25, 0.3) is 10.8 Å². The van der Waals surface area contributed by atoms with E-state index in [-0.39, 0.29) is 35.4 Å². The van der Waals surface area contributed by atoms with Crippen molar-refractivity contribution in [2.45, 2.75) is 76.7 Å². The maximum Gasteiger partial charge on any atom is 0.237 e. The van der Waals surface area contributed by atoms with Gasteiger partial charge in [0.15, 0.2) is 0 Å². The van der Waals surface area contributed by atoms with E-state index in [1.807, 2.05) is 24.1 Å². The van der Waals surface area contributed by atoms with Gasteiger partial charge in [0, 0.05) is 43.8 Å². The molecule has 0 saturated carbocycles. The van der Waals surface area contributed by atoms with Crippen LogP contribution in [-0.4, -0.2) is 64.9 Å². The minimum atomic E-state index is -0.442. The lowest BCUT2D eigenvalue weighted by molar-refractivity contribution is -0.140. The molecule has 2 saturated heterocycles. The van der Waals surface area contributed by atoms with Crippen LogP contribution < -0.4 is 10.6 Å². The molecule has 6 nitrogen and oxygen atoms in total. The second-order valence-electron chi connectivity index (χ2n) is 11.1. The molecule has 0 aliphatic carbocycles. The van der Waals surface area contributed by atoms with Crippen molar-refractivity contribution in [3.8, 4) is 0 Å². The number of amides is 2. The van der Waals surface area contributed by atoms with Crippen LogP contribution in [-0.2, 0) is 16.1 Å². The van der Waals surface area contributed by atoms with Gasteiger partial charge in [-0.15, -0.1) is 0 Å². The Kier molecular flexibility index (Phi) is 6.52. The first-order valence-electron chi connectivity index (χ1n) is 12.1. The van der Waals surface area contributed by atoms with E-state index in [0.717, 1.165) is 24.9 Å². The molecule has 178 valence electrons. The molecule has 2 aromatic carbocycles. The molecule has 2 amide bonds. The van der Waals surface area contributed by atoms with Crippen molar-refractivity contribution in [1.82, 2.24) is 20.4 Å². The predicted molar refractivity (Wildman–Crippen MR) is 133 cm³/mol. The second-order valence-corrected chi connectivity index (χ2v) is 11.1. The van der Waals surface area contributed by atoms with Crippen LogP contribution in [0.2, 0.25) is 0 Å². The Hall–Kier alpha value is -2.44. The van der Waals surface area contributed by atoms with Crippen LogP contribution in [0.4, 0.5) is 0 Å². The minimum absolute atomic E-state index is 0.0364. The topological polar surface area (TPSA) is 64.7 Å². The summed E-state index contributed by atoms with van der Waals surface area (Å²) in [5, 5.41) is 9.05. The smallest absolute Gasteiger partial charge is 0.237 e. The van der Waals surface area contributed by atoms with Gasteiger partial charge in [0.05, 0.1) is 12.5 Å². The molecule has 1 unspecified atom stereocenters. The molecule has 4 rings (SSSR count). The number of hydrogen-bond donors (Lipinski definition) is 2. The van der Waals surface area contributed by atoms with Crippen molar-refractivity contribution in [3.05, 3.63) is 48.0 Å². The number of nitrogens with one attached hydrogen (secondary N) is 2. The number of carbonyl (C=O) groups excluding carboxylic acids is 2. The number of fused-ring (bicyclic) bond motifs is 1. The van der Waals surface area contributed by atoms with Crippen molar-refractivity contribution in [2.24, 2.45) is 0 Å². The monoisotopic (exact) mass is 450 g/mol. The van der Waals surface area contributed by atoms with Crippen LogP contribution in [0.5, 0.6) is 0 Å². The van der Waals surface area contributed by atoms with Gasteiger partial charge in [0.25, 0.3) is 0 Å². The lowest BCUT2D eigenvalue weighted by Gasteiger charge is -2.49. The predicted octanol–water partition coefficient (Wildman–Crippen LogP) is 3.30. The maximum absolute atomic E-state index is 13.3. The lowest BCUT2D eigenvalue weighted by Crippen LogP contribution is -2.63. The fraction of sp³-hybridized carbons (Fsp3) is 0.556. The highest BCUT2D eigenvalue weighted by atomic mass is 16.2. The molecule has 2 heterocycles. The zero-order valence-corrected chi connectivity index (χ0v) is 20.6. The summed E-state index contributed by atoms with van der Waals surface area (Å²) >= 11 is 0. The molecule has 33 heavy (non-hydrogen) atoms. The van der Waals surface area contributed by atoms with Crippen LogP contribution >= 0.6 is 0 Å². The zero-order valence-electron chi connectivity index (χ0n) is 20.6. The summed E-state index contributed by atoms with van der Waals surface area (Å²) in [5.41, 5.74) is 1.09. The molecule has 0 radical (unpaired) electrons. The minimum Gasteiger partial charge on any atom is -0.353 e. The van der Waals surface area contributed by atoms with Crippen molar-refractivity contribution in [2.75, 3.05) is 20.1 Å². The highest BCUT2D eigenvalue weighted by Gasteiger charge is 2.41.